The summed E-state index contributed by atoms with van der Waals surface area (Å²) in [5.74, 6) is 0. The third-order valence-corrected chi connectivity index (χ3v) is 6.79. The summed E-state index contributed by atoms with van der Waals surface area (Å²) in [5.41, 5.74) is 2.61. The number of halogens is 1. The first kappa shape index (κ1) is 16.5. The van der Waals surface area contributed by atoms with E-state index in [9.17, 15) is 8.42 Å². The van der Waals surface area contributed by atoms with Gasteiger partial charge in [-0.05, 0) is 55.5 Å². The average Bonchev–Trinajstić information content (AvgIpc) is 3.00. The largest absolute Gasteiger partial charge is 0.243 e. The minimum atomic E-state index is -3.53. The molecule has 0 amide bonds. The van der Waals surface area contributed by atoms with Crippen LogP contribution in [0.25, 0.3) is 0 Å². The van der Waals surface area contributed by atoms with Crippen molar-refractivity contribution in [2.24, 2.45) is 0 Å². The first-order valence-electron chi connectivity index (χ1n) is 7.75. The molecule has 1 atom stereocenters. The van der Waals surface area contributed by atoms with Crippen molar-refractivity contribution in [2.45, 2.75) is 37.6 Å². The van der Waals surface area contributed by atoms with Crippen molar-refractivity contribution in [3.63, 3.8) is 0 Å². The molecule has 0 saturated carbocycles. The van der Waals surface area contributed by atoms with E-state index in [4.69, 9.17) is 11.6 Å². The first-order valence-corrected chi connectivity index (χ1v) is 9.56. The molecule has 2 aromatic carbocycles. The van der Waals surface area contributed by atoms with Crippen LogP contribution in [0.4, 0.5) is 0 Å². The minimum absolute atomic E-state index is 0.186. The van der Waals surface area contributed by atoms with Crippen LogP contribution < -0.4 is 0 Å². The molecule has 3 nitrogen and oxygen atoms in total. The van der Waals surface area contributed by atoms with Crippen molar-refractivity contribution in [3.8, 4) is 0 Å². The molecule has 1 heterocycles. The second-order valence-corrected chi connectivity index (χ2v) is 8.33. The Hall–Kier alpha value is -1.36. The Morgan fingerprint density at radius 2 is 1.87 bits per heavy atom. The van der Waals surface area contributed by atoms with E-state index in [1.54, 1.807) is 10.4 Å². The normalized spacial score (nSPS) is 19.2. The van der Waals surface area contributed by atoms with Gasteiger partial charge < -0.3 is 0 Å². The van der Waals surface area contributed by atoms with Crippen LogP contribution >= 0.6 is 11.6 Å². The van der Waals surface area contributed by atoms with Crippen LogP contribution in [0.15, 0.2) is 47.4 Å². The lowest BCUT2D eigenvalue weighted by molar-refractivity contribution is 0.396. The molecule has 5 heteroatoms. The van der Waals surface area contributed by atoms with Gasteiger partial charge in [-0.3, -0.25) is 0 Å². The Labute approximate surface area is 142 Å². The van der Waals surface area contributed by atoms with E-state index < -0.39 is 10.0 Å². The quantitative estimate of drug-likeness (QED) is 0.819. The Morgan fingerprint density at radius 3 is 2.61 bits per heavy atom. The molecule has 1 aliphatic rings. The third-order valence-electron chi connectivity index (χ3n) is 4.40. The minimum Gasteiger partial charge on any atom is -0.207 e. The molecule has 1 saturated heterocycles. The fraction of sp³-hybridized carbons (Fsp3) is 0.333. The second-order valence-electron chi connectivity index (χ2n) is 6.06. The smallest absolute Gasteiger partial charge is 0.207 e. The van der Waals surface area contributed by atoms with E-state index in [1.165, 1.54) is 0 Å². The Kier molecular flexibility index (Phi) is 4.50. The molecule has 1 unspecified atom stereocenters. The molecule has 3 rings (SSSR count). The highest BCUT2D eigenvalue weighted by Crippen LogP contribution is 2.39. The molecule has 1 aliphatic heterocycles. The van der Waals surface area contributed by atoms with Gasteiger partial charge in [0.1, 0.15) is 0 Å². The number of aryl methyl sites for hydroxylation is 2. The zero-order valence-corrected chi connectivity index (χ0v) is 14.9. The third kappa shape index (κ3) is 3.03. The zero-order valence-electron chi connectivity index (χ0n) is 13.3. The molecule has 0 bridgehead atoms. The predicted octanol–water partition coefficient (Wildman–Crippen LogP) is 4.48. The molecule has 0 aliphatic carbocycles. The molecule has 0 radical (unpaired) electrons. The van der Waals surface area contributed by atoms with Gasteiger partial charge in [0.25, 0.3) is 0 Å². The fourth-order valence-corrected chi connectivity index (χ4v) is 5.44. The van der Waals surface area contributed by atoms with Crippen LogP contribution in [0.3, 0.4) is 0 Å². The summed E-state index contributed by atoms with van der Waals surface area (Å²) in [6, 6.07) is 12.9. The van der Waals surface area contributed by atoms with Crippen LogP contribution in [0.5, 0.6) is 0 Å². The van der Waals surface area contributed by atoms with Crippen molar-refractivity contribution in [2.75, 3.05) is 6.54 Å². The highest BCUT2D eigenvalue weighted by molar-refractivity contribution is 7.89. The number of rotatable bonds is 3. The van der Waals surface area contributed by atoms with E-state index >= 15 is 0 Å². The van der Waals surface area contributed by atoms with Gasteiger partial charge in [0.15, 0.2) is 0 Å². The molecule has 0 spiro atoms. The van der Waals surface area contributed by atoms with E-state index in [2.05, 4.69) is 0 Å². The van der Waals surface area contributed by atoms with Gasteiger partial charge in [-0.25, -0.2) is 8.42 Å². The van der Waals surface area contributed by atoms with Crippen molar-refractivity contribution in [1.29, 1.82) is 0 Å². The zero-order chi connectivity index (χ0) is 16.6. The van der Waals surface area contributed by atoms with Gasteiger partial charge in [-0.15, -0.1) is 0 Å². The van der Waals surface area contributed by atoms with Gasteiger partial charge in [-0.1, -0.05) is 41.9 Å². The second kappa shape index (κ2) is 6.27. The van der Waals surface area contributed by atoms with Crippen LogP contribution in [-0.4, -0.2) is 19.3 Å². The maximum absolute atomic E-state index is 13.2. The Bertz CT molecular complexity index is 833. The Balaban J connectivity index is 2.05. The number of hydrogen-bond acceptors (Lipinski definition) is 2. The highest BCUT2D eigenvalue weighted by atomic mass is 35.5. The Morgan fingerprint density at radius 1 is 1.13 bits per heavy atom. The van der Waals surface area contributed by atoms with Crippen molar-refractivity contribution in [1.82, 2.24) is 4.31 Å². The SMILES string of the molecule is Cc1ccc(C)c(S(=O)(=O)N2CCCC2c2ccccc2Cl)c1. The molecule has 23 heavy (non-hydrogen) atoms. The summed E-state index contributed by atoms with van der Waals surface area (Å²) in [7, 11) is -3.53. The van der Waals surface area contributed by atoms with Crippen LogP contribution in [0.2, 0.25) is 5.02 Å². The van der Waals surface area contributed by atoms with Gasteiger partial charge in [0.2, 0.25) is 10.0 Å². The van der Waals surface area contributed by atoms with Crippen LogP contribution in [0.1, 0.15) is 35.6 Å². The summed E-state index contributed by atoms with van der Waals surface area (Å²) in [4.78, 5) is 0.399. The van der Waals surface area contributed by atoms with Gasteiger partial charge in [-0.2, -0.15) is 4.31 Å². The molecule has 0 aromatic heterocycles. The van der Waals surface area contributed by atoms with Gasteiger partial charge in [0.05, 0.1) is 10.9 Å². The summed E-state index contributed by atoms with van der Waals surface area (Å²) in [6.45, 7) is 4.28. The molecule has 1 fully saturated rings. The van der Waals surface area contributed by atoms with Crippen molar-refractivity contribution in [3.05, 3.63) is 64.2 Å². The highest BCUT2D eigenvalue weighted by Gasteiger charge is 2.37. The summed E-state index contributed by atoms with van der Waals surface area (Å²) < 4.78 is 28.0. The van der Waals surface area contributed by atoms with E-state index in [0.717, 1.165) is 29.5 Å². The summed E-state index contributed by atoms with van der Waals surface area (Å²) in [5, 5.41) is 0.626. The van der Waals surface area contributed by atoms with E-state index in [1.807, 2.05) is 50.2 Å². The van der Waals surface area contributed by atoms with Gasteiger partial charge >= 0.3 is 0 Å². The summed E-state index contributed by atoms with van der Waals surface area (Å²) in [6.07, 6.45) is 1.65. The van der Waals surface area contributed by atoms with Crippen LogP contribution in [-0.2, 0) is 10.0 Å². The lowest BCUT2D eigenvalue weighted by atomic mass is 10.1. The number of nitrogens with zero attached hydrogens (tertiary/aromatic N) is 1. The molecule has 122 valence electrons. The first-order chi connectivity index (χ1) is 10.9. The maximum atomic E-state index is 13.2. The van der Waals surface area contributed by atoms with Gasteiger partial charge in [0, 0.05) is 11.6 Å². The number of hydrogen-bond donors (Lipinski definition) is 0. The molecular weight excluding hydrogens is 330 g/mol. The predicted molar refractivity (Wildman–Crippen MR) is 93.2 cm³/mol. The van der Waals surface area contributed by atoms with Crippen LogP contribution in [0, 0.1) is 13.8 Å². The lowest BCUT2D eigenvalue weighted by Gasteiger charge is -2.26. The lowest BCUT2D eigenvalue weighted by Crippen LogP contribution is -2.31. The average molecular weight is 350 g/mol. The maximum Gasteiger partial charge on any atom is 0.243 e. The summed E-state index contributed by atoms with van der Waals surface area (Å²) >= 11 is 6.30. The molecule has 2 aromatic rings. The molecular formula is C18H20ClNO2S. The standard InChI is InChI=1S/C18H20ClNO2S/c1-13-9-10-14(2)18(12-13)23(21,22)20-11-5-8-17(20)15-6-3-4-7-16(15)19/h3-4,6-7,9-10,12,17H,5,8,11H2,1-2H3. The van der Waals surface area contributed by atoms with Crippen molar-refractivity contribution >= 4 is 21.6 Å². The monoisotopic (exact) mass is 349 g/mol. The molecule has 0 N–H and O–H groups in total. The van der Waals surface area contributed by atoms with E-state index in [0.29, 0.717) is 16.5 Å². The number of sulfonamides is 1. The topological polar surface area (TPSA) is 37.4 Å². The number of benzene rings is 2. The van der Waals surface area contributed by atoms with E-state index in [-0.39, 0.29) is 6.04 Å². The van der Waals surface area contributed by atoms with Crippen molar-refractivity contribution < 1.29 is 8.42 Å². The fourth-order valence-electron chi connectivity index (χ4n) is 3.20.